The van der Waals surface area contributed by atoms with Crippen molar-refractivity contribution in [3.05, 3.63) is 35.9 Å². The lowest BCUT2D eigenvalue weighted by molar-refractivity contribution is -0.150. The van der Waals surface area contributed by atoms with Gasteiger partial charge < -0.3 is 5.11 Å². The third-order valence-corrected chi connectivity index (χ3v) is 3.22. The Morgan fingerprint density at radius 3 is 2.41 bits per heavy atom. The first-order valence-electron chi connectivity index (χ1n) is 5.74. The zero-order chi connectivity index (χ0) is 12.9. The van der Waals surface area contributed by atoms with E-state index in [9.17, 15) is 9.90 Å². The van der Waals surface area contributed by atoms with Crippen LogP contribution < -0.4 is 0 Å². The highest BCUT2D eigenvalue weighted by molar-refractivity contribution is 5.75. The summed E-state index contributed by atoms with van der Waals surface area (Å²) < 4.78 is 0. The van der Waals surface area contributed by atoms with Crippen LogP contribution in [0, 0.1) is 23.2 Å². The molecule has 0 heterocycles. The number of carbonyl (C=O) groups is 1. The van der Waals surface area contributed by atoms with E-state index in [0.29, 0.717) is 6.42 Å². The van der Waals surface area contributed by atoms with Crippen LogP contribution in [0.5, 0.6) is 0 Å². The Morgan fingerprint density at radius 1 is 1.35 bits per heavy atom. The highest BCUT2D eigenvalue weighted by Crippen LogP contribution is 2.30. The van der Waals surface area contributed by atoms with Gasteiger partial charge in [-0.05, 0) is 25.0 Å². The topological polar surface area (TPSA) is 37.3 Å². The lowest BCUT2D eigenvalue weighted by Gasteiger charge is -2.26. The molecule has 0 aliphatic rings. The molecule has 0 aliphatic carbocycles. The molecule has 90 valence electrons. The largest absolute Gasteiger partial charge is 0.481 e. The van der Waals surface area contributed by atoms with Crippen molar-refractivity contribution in [2.45, 2.75) is 27.2 Å². The Morgan fingerprint density at radius 2 is 1.94 bits per heavy atom. The van der Waals surface area contributed by atoms with Gasteiger partial charge in [0.2, 0.25) is 0 Å². The van der Waals surface area contributed by atoms with Gasteiger partial charge in [0, 0.05) is 12.0 Å². The monoisotopic (exact) mass is 230 g/mol. The van der Waals surface area contributed by atoms with Crippen molar-refractivity contribution < 1.29 is 9.90 Å². The fourth-order valence-corrected chi connectivity index (χ4v) is 1.38. The molecule has 0 bridgehead atoms. The zero-order valence-corrected chi connectivity index (χ0v) is 10.5. The smallest absolute Gasteiger partial charge is 0.310 e. The van der Waals surface area contributed by atoms with Crippen molar-refractivity contribution in [2.75, 3.05) is 0 Å². The number of benzene rings is 1. The normalized spacial score (nSPS) is 13.6. The first-order valence-corrected chi connectivity index (χ1v) is 5.74. The molecule has 0 spiro atoms. The van der Waals surface area contributed by atoms with Crippen LogP contribution in [0.2, 0.25) is 0 Å². The number of carboxylic acids is 1. The fraction of sp³-hybridized carbons (Fsp3) is 0.400. The van der Waals surface area contributed by atoms with Gasteiger partial charge in [0.25, 0.3) is 0 Å². The highest BCUT2D eigenvalue weighted by Gasteiger charge is 2.35. The van der Waals surface area contributed by atoms with Crippen molar-refractivity contribution in [1.29, 1.82) is 0 Å². The predicted octanol–water partition coefficient (Wildman–Crippen LogP) is 3.18. The Balaban J connectivity index is 2.79. The van der Waals surface area contributed by atoms with Crippen LogP contribution in [0.15, 0.2) is 30.3 Å². The third kappa shape index (κ3) is 3.35. The second-order valence-corrected chi connectivity index (χ2v) is 4.72. The maximum Gasteiger partial charge on any atom is 0.310 e. The summed E-state index contributed by atoms with van der Waals surface area (Å²) in [6, 6.07) is 9.60. The van der Waals surface area contributed by atoms with E-state index >= 15 is 0 Å². The van der Waals surface area contributed by atoms with Crippen LogP contribution in [0.4, 0.5) is 0 Å². The van der Waals surface area contributed by atoms with Gasteiger partial charge in [-0.15, -0.1) is 0 Å². The van der Waals surface area contributed by atoms with Gasteiger partial charge in [-0.3, -0.25) is 4.79 Å². The quantitative estimate of drug-likeness (QED) is 0.810. The average Bonchev–Trinajstić information content (AvgIpc) is 2.29. The fourth-order valence-electron chi connectivity index (χ4n) is 1.38. The molecule has 1 atom stereocenters. The molecule has 0 amide bonds. The maximum atomic E-state index is 11.2. The summed E-state index contributed by atoms with van der Waals surface area (Å²) in [5.74, 6) is 5.25. The predicted molar refractivity (Wildman–Crippen MR) is 68.5 cm³/mol. The molecule has 0 aliphatic heterocycles. The second kappa shape index (κ2) is 5.54. The van der Waals surface area contributed by atoms with Crippen LogP contribution in [-0.2, 0) is 4.79 Å². The Kier molecular flexibility index (Phi) is 4.34. The molecule has 0 radical (unpaired) electrons. The molecule has 0 saturated carbocycles. The van der Waals surface area contributed by atoms with Gasteiger partial charge in [0.15, 0.2) is 0 Å². The van der Waals surface area contributed by atoms with Gasteiger partial charge in [-0.25, -0.2) is 0 Å². The minimum atomic E-state index is -0.783. The lowest BCUT2D eigenvalue weighted by Crippen LogP contribution is -2.32. The summed E-state index contributed by atoms with van der Waals surface area (Å²) in [6.07, 6.45) is 0.370. The minimum absolute atomic E-state index is 0.0603. The van der Waals surface area contributed by atoms with Crippen LogP contribution >= 0.6 is 0 Å². The number of hydrogen-bond acceptors (Lipinski definition) is 1. The molecule has 0 fully saturated rings. The van der Waals surface area contributed by atoms with Crippen molar-refractivity contribution in [3.8, 4) is 11.8 Å². The molecular weight excluding hydrogens is 212 g/mol. The van der Waals surface area contributed by atoms with Gasteiger partial charge in [0.1, 0.15) is 0 Å². The summed E-state index contributed by atoms with van der Waals surface area (Å²) in [6.45, 7) is 5.58. The minimum Gasteiger partial charge on any atom is -0.481 e. The highest BCUT2D eigenvalue weighted by atomic mass is 16.4. The van der Waals surface area contributed by atoms with Crippen molar-refractivity contribution in [3.63, 3.8) is 0 Å². The van der Waals surface area contributed by atoms with E-state index < -0.39 is 11.4 Å². The van der Waals surface area contributed by atoms with Gasteiger partial charge in [-0.2, -0.15) is 0 Å². The Hall–Kier alpha value is -1.75. The SMILES string of the molecule is CC(C)C(C)(CC#Cc1ccccc1)C(=O)O. The summed E-state index contributed by atoms with van der Waals surface area (Å²) in [5, 5.41) is 9.23. The van der Waals surface area contributed by atoms with E-state index in [4.69, 9.17) is 0 Å². The van der Waals surface area contributed by atoms with Crippen LogP contribution in [0.3, 0.4) is 0 Å². The number of rotatable bonds is 3. The van der Waals surface area contributed by atoms with E-state index in [1.54, 1.807) is 6.92 Å². The second-order valence-electron chi connectivity index (χ2n) is 4.72. The molecule has 1 aromatic rings. The number of carboxylic acid groups (broad SMARTS) is 1. The van der Waals surface area contributed by atoms with Gasteiger partial charge >= 0.3 is 5.97 Å². The van der Waals surface area contributed by atoms with Crippen LogP contribution in [-0.4, -0.2) is 11.1 Å². The molecule has 1 rings (SSSR count). The molecule has 2 nitrogen and oxygen atoms in total. The van der Waals surface area contributed by atoms with E-state index in [-0.39, 0.29) is 5.92 Å². The summed E-state index contributed by atoms with van der Waals surface area (Å²) in [7, 11) is 0. The van der Waals surface area contributed by atoms with Crippen molar-refractivity contribution >= 4 is 5.97 Å². The molecule has 1 unspecified atom stereocenters. The van der Waals surface area contributed by atoms with Crippen LogP contribution in [0.25, 0.3) is 0 Å². The average molecular weight is 230 g/mol. The van der Waals surface area contributed by atoms with E-state index in [2.05, 4.69) is 11.8 Å². The first kappa shape index (κ1) is 13.3. The molecule has 0 saturated heterocycles. The van der Waals surface area contributed by atoms with Gasteiger partial charge in [-0.1, -0.05) is 43.9 Å². The lowest BCUT2D eigenvalue weighted by atomic mass is 9.76. The van der Waals surface area contributed by atoms with Crippen molar-refractivity contribution in [1.82, 2.24) is 0 Å². The van der Waals surface area contributed by atoms with Crippen molar-refractivity contribution in [2.24, 2.45) is 11.3 Å². The van der Waals surface area contributed by atoms with Gasteiger partial charge in [0.05, 0.1) is 5.41 Å². The molecule has 0 aromatic heterocycles. The molecule has 1 aromatic carbocycles. The molecule has 1 N–H and O–H groups in total. The summed E-state index contributed by atoms with van der Waals surface area (Å²) in [5.41, 5.74) is 0.144. The van der Waals surface area contributed by atoms with E-state index in [1.165, 1.54) is 0 Å². The molecule has 2 heteroatoms. The van der Waals surface area contributed by atoms with E-state index in [0.717, 1.165) is 5.56 Å². The summed E-state index contributed by atoms with van der Waals surface area (Å²) in [4.78, 5) is 11.2. The first-order chi connectivity index (χ1) is 7.97. The van der Waals surface area contributed by atoms with E-state index in [1.807, 2.05) is 44.2 Å². The third-order valence-electron chi connectivity index (χ3n) is 3.22. The summed E-state index contributed by atoms with van der Waals surface area (Å²) >= 11 is 0. The molecular formula is C15H18O2. The Labute approximate surface area is 103 Å². The number of hydrogen-bond donors (Lipinski definition) is 1. The zero-order valence-electron chi connectivity index (χ0n) is 10.5. The standard InChI is InChI=1S/C15H18O2/c1-12(2)15(3,14(16)17)11-7-10-13-8-5-4-6-9-13/h4-6,8-9,12H,11H2,1-3H3,(H,16,17). The Bertz CT molecular complexity index is 437. The number of aliphatic carboxylic acids is 1. The van der Waals surface area contributed by atoms with Crippen LogP contribution in [0.1, 0.15) is 32.8 Å². The maximum absolute atomic E-state index is 11.2. The molecule has 17 heavy (non-hydrogen) atoms.